The minimum atomic E-state index is -0.475. The molecule has 3 N–H and O–H groups in total. The van der Waals surface area contributed by atoms with E-state index in [1.54, 1.807) is 29.5 Å². The van der Waals surface area contributed by atoms with Crippen LogP contribution in [0.4, 0.5) is 5.00 Å². The second-order valence-corrected chi connectivity index (χ2v) is 10.6. The van der Waals surface area contributed by atoms with Gasteiger partial charge in [0.05, 0.1) is 41.2 Å². The molecule has 2 atom stereocenters. The molecule has 0 fully saturated rings. The third-order valence-electron chi connectivity index (χ3n) is 6.20. The maximum atomic E-state index is 13.1. The van der Waals surface area contributed by atoms with Gasteiger partial charge in [-0.1, -0.05) is 17.7 Å². The van der Waals surface area contributed by atoms with Gasteiger partial charge in [-0.15, -0.1) is 11.3 Å². The molecular weight excluding hydrogens is 518 g/mol. The number of carbonyl (C=O) groups is 2. The summed E-state index contributed by atoms with van der Waals surface area (Å²) in [6.07, 6.45) is 0.477. The van der Waals surface area contributed by atoms with E-state index in [4.69, 9.17) is 9.47 Å². The Balaban J connectivity index is 1.42. The van der Waals surface area contributed by atoms with Crippen molar-refractivity contribution in [3.8, 4) is 11.5 Å². The molecule has 0 bridgehead atoms. The Morgan fingerprint density at radius 3 is 2.71 bits per heavy atom. The lowest BCUT2D eigenvalue weighted by atomic mass is 10.0. The Bertz CT molecular complexity index is 1290. The highest BCUT2D eigenvalue weighted by Gasteiger charge is 2.34. The summed E-state index contributed by atoms with van der Waals surface area (Å²) >= 11 is 5.18. The van der Waals surface area contributed by atoms with Crippen LogP contribution in [0.2, 0.25) is 0 Å². The number of hydrogen-bond donors (Lipinski definition) is 3. The minimum Gasteiger partial charge on any atom is -0.493 e. The van der Waals surface area contributed by atoms with Gasteiger partial charge >= 0.3 is 5.97 Å². The van der Waals surface area contributed by atoms with Gasteiger partial charge in [-0.3, -0.25) is 4.79 Å². The van der Waals surface area contributed by atoms with Crippen LogP contribution in [0.15, 0.2) is 40.9 Å². The van der Waals surface area contributed by atoms with E-state index in [9.17, 15) is 9.59 Å². The molecule has 176 valence electrons. The third kappa shape index (κ3) is 4.19. The van der Waals surface area contributed by atoms with Gasteiger partial charge in [0.15, 0.2) is 11.5 Å². The first-order chi connectivity index (χ1) is 16.3. The lowest BCUT2D eigenvalue weighted by molar-refractivity contribution is -0.895. The predicted molar refractivity (Wildman–Crippen MR) is 134 cm³/mol. The first-order valence-electron chi connectivity index (χ1n) is 11.0. The van der Waals surface area contributed by atoms with Crippen molar-refractivity contribution in [1.29, 1.82) is 0 Å². The number of quaternary nitrogens is 1. The Morgan fingerprint density at radius 1 is 1.21 bits per heavy atom. The molecule has 1 amide bonds. The highest BCUT2D eigenvalue weighted by atomic mass is 79.9. The molecule has 0 aliphatic carbocycles. The van der Waals surface area contributed by atoms with Crippen LogP contribution in [-0.2, 0) is 13.0 Å². The van der Waals surface area contributed by atoms with E-state index in [0.29, 0.717) is 15.8 Å². The van der Waals surface area contributed by atoms with E-state index < -0.39 is 12.1 Å². The molecule has 2 unspecified atom stereocenters. The van der Waals surface area contributed by atoms with Crippen LogP contribution < -0.4 is 25.0 Å². The maximum absolute atomic E-state index is 13.1. The van der Waals surface area contributed by atoms with Gasteiger partial charge in [0.2, 0.25) is 0 Å². The van der Waals surface area contributed by atoms with E-state index in [-0.39, 0.29) is 11.7 Å². The number of anilines is 1. The number of halogens is 1. The van der Waals surface area contributed by atoms with Crippen LogP contribution in [0.25, 0.3) is 0 Å². The van der Waals surface area contributed by atoms with Gasteiger partial charge in [0, 0.05) is 6.42 Å². The number of aryl methyl sites for hydroxylation is 1. The molecule has 9 heteroatoms. The molecule has 0 spiro atoms. The third-order valence-corrected chi connectivity index (χ3v) is 7.95. The van der Waals surface area contributed by atoms with Crippen molar-refractivity contribution >= 4 is 44.1 Å². The van der Waals surface area contributed by atoms with Crippen molar-refractivity contribution in [2.75, 3.05) is 26.0 Å². The fourth-order valence-corrected chi connectivity index (χ4v) is 6.27. The molecule has 5 rings (SSSR count). The first kappa shape index (κ1) is 22.9. The number of esters is 1. The summed E-state index contributed by atoms with van der Waals surface area (Å²) in [5.41, 5.74) is 4.24. The quantitative estimate of drug-likeness (QED) is 0.347. The van der Waals surface area contributed by atoms with Crippen LogP contribution in [-0.4, -0.2) is 32.6 Å². The molecule has 34 heavy (non-hydrogen) atoms. The number of benzene rings is 2. The molecule has 7 nitrogen and oxygen atoms in total. The summed E-state index contributed by atoms with van der Waals surface area (Å²) in [5, 5.41) is 7.45. The van der Waals surface area contributed by atoms with Crippen LogP contribution in [0.3, 0.4) is 0 Å². The Hall–Kier alpha value is -2.88. The topological polar surface area (TPSA) is 81.1 Å². The number of likely N-dealkylation sites (N-methyl/N-ethyl adjacent to an activating group) is 1. The summed E-state index contributed by atoms with van der Waals surface area (Å²) in [7, 11) is 3.70. The number of hydrogen-bond acceptors (Lipinski definition) is 6. The van der Waals surface area contributed by atoms with Gasteiger partial charge in [0.25, 0.3) is 5.91 Å². The number of ether oxygens (including phenoxy) is 2. The Kier molecular flexibility index (Phi) is 6.09. The summed E-state index contributed by atoms with van der Waals surface area (Å²) in [4.78, 5) is 28.4. The van der Waals surface area contributed by atoms with Crippen molar-refractivity contribution in [1.82, 2.24) is 5.32 Å². The molecule has 0 saturated heterocycles. The molecule has 2 aromatic carbocycles. The normalized spacial score (nSPS) is 18.9. The van der Waals surface area contributed by atoms with Crippen molar-refractivity contribution in [3.63, 3.8) is 0 Å². The first-order valence-corrected chi connectivity index (χ1v) is 12.6. The molecular formula is C25H25BrN3O4S+. The number of methoxy groups -OCH3 is 1. The summed E-state index contributed by atoms with van der Waals surface area (Å²) in [6, 6.07) is 10.8. The zero-order valence-corrected chi connectivity index (χ0v) is 21.5. The fraction of sp³-hybridized carbons (Fsp3) is 0.280. The predicted octanol–water partition coefficient (Wildman–Crippen LogP) is 3.47. The number of fused-ring (bicyclic) bond motifs is 3. The van der Waals surface area contributed by atoms with Crippen LogP contribution >= 0.6 is 27.3 Å². The van der Waals surface area contributed by atoms with E-state index in [1.807, 2.05) is 25.1 Å². The van der Waals surface area contributed by atoms with Gasteiger partial charge in [0.1, 0.15) is 17.7 Å². The molecule has 0 radical (unpaired) electrons. The standard InChI is InChI=1S/C25H24BrN3O4S/c1-13-4-6-14(7-5-13)25(31)33-21-17(26)10-15(11-18(21)32-3)22-27-23(30)20-16-8-9-29(2)12-19(16)34-24(20)28-22/h4-7,10-11,22,28H,8-9,12H2,1-3H3,(H,27,30)/p+1. The smallest absolute Gasteiger partial charge is 0.343 e. The molecule has 2 aliphatic heterocycles. The largest absolute Gasteiger partial charge is 0.493 e. The second-order valence-electron chi connectivity index (χ2n) is 8.68. The lowest BCUT2D eigenvalue weighted by Crippen LogP contribution is -3.08. The highest BCUT2D eigenvalue weighted by Crippen LogP contribution is 2.42. The number of carbonyl (C=O) groups excluding carboxylic acids is 2. The zero-order chi connectivity index (χ0) is 24.0. The summed E-state index contributed by atoms with van der Waals surface area (Å²) in [5.74, 6) is 0.136. The number of amides is 1. The SMILES string of the molecule is COc1cc(C2NC(=O)c3c(sc4c3CC[NH+](C)C4)N2)cc(Br)c1OC(=O)c1ccc(C)cc1. The highest BCUT2D eigenvalue weighted by molar-refractivity contribution is 9.10. The van der Waals surface area contributed by atoms with E-state index in [0.717, 1.165) is 41.2 Å². The van der Waals surface area contributed by atoms with Gasteiger partial charge in [-0.05, 0) is 58.2 Å². The molecule has 0 saturated carbocycles. The zero-order valence-electron chi connectivity index (χ0n) is 19.1. The maximum Gasteiger partial charge on any atom is 0.343 e. The van der Waals surface area contributed by atoms with E-state index >= 15 is 0 Å². The Labute approximate surface area is 210 Å². The molecule has 3 aromatic rings. The van der Waals surface area contributed by atoms with Crippen LogP contribution in [0, 0.1) is 6.92 Å². The van der Waals surface area contributed by atoms with Gasteiger partial charge < -0.3 is 25.0 Å². The molecule has 3 heterocycles. The van der Waals surface area contributed by atoms with Crippen molar-refractivity contribution in [3.05, 3.63) is 73.6 Å². The number of nitrogens with one attached hydrogen (secondary N) is 3. The van der Waals surface area contributed by atoms with Crippen molar-refractivity contribution < 1.29 is 24.0 Å². The van der Waals surface area contributed by atoms with Crippen LogP contribution in [0.5, 0.6) is 11.5 Å². The number of thiophene rings is 1. The Morgan fingerprint density at radius 2 is 1.97 bits per heavy atom. The average Bonchev–Trinajstić information content (AvgIpc) is 3.18. The van der Waals surface area contributed by atoms with Crippen LogP contribution in [0.1, 0.15) is 48.4 Å². The van der Waals surface area contributed by atoms with E-state index in [1.165, 1.54) is 22.5 Å². The molecule has 2 aliphatic rings. The van der Waals surface area contributed by atoms with Gasteiger partial charge in [-0.2, -0.15) is 0 Å². The minimum absolute atomic E-state index is 0.0687. The number of rotatable bonds is 4. The summed E-state index contributed by atoms with van der Waals surface area (Å²) in [6.45, 7) is 3.92. The van der Waals surface area contributed by atoms with Gasteiger partial charge in [-0.25, -0.2) is 4.79 Å². The fourth-order valence-electron chi connectivity index (χ4n) is 4.35. The monoisotopic (exact) mass is 542 g/mol. The van der Waals surface area contributed by atoms with Crippen molar-refractivity contribution in [2.24, 2.45) is 0 Å². The average molecular weight is 543 g/mol. The summed E-state index contributed by atoms with van der Waals surface area (Å²) < 4.78 is 11.8. The molecule has 1 aromatic heterocycles. The van der Waals surface area contributed by atoms with Crippen molar-refractivity contribution in [2.45, 2.75) is 26.1 Å². The lowest BCUT2D eigenvalue weighted by Gasteiger charge is -2.27. The second kappa shape index (κ2) is 9.05. The van der Waals surface area contributed by atoms with E-state index in [2.05, 4.69) is 33.6 Å².